The van der Waals surface area contributed by atoms with Gasteiger partial charge >= 0.3 is 0 Å². The van der Waals surface area contributed by atoms with Gasteiger partial charge in [0.25, 0.3) is 5.91 Å². The number of likely N-dealkylation sites (tertiary alicyclic amines) is 1. The fourth-order valence-corrected chi connectivity index (χ4v) is 2.47. The number of carbonyl (C=O) groups is 3. The molecule has 4 N–H and O–H groups in total. The average Bonchev–Trinajstić information content (AvgIpc) is 2.55. The number of nitrogens with two attached hydrogens (primary N) is 1. The highest BCUT2D eigenvalue weighted by Gasteiger charge is 2.29. The number of rotatable bonds is 5. The lowest BCUT2D eigenvalue weighted by molar-refractivity contribution is -0.137. The monoisotopic (exact) mass is 354 g/mol. The van der Waals surface area contributed by atoms with Crippen LogP contribution in [-0.2, 0) is 9.59 Å². The van der Waals surface area contributed by atoms with Crippen LogP contribution in [0.4, 0.5) is 5.69 Å². The fraction of sp³-hybridized carbons (Fsp3) is 0.438. The van der Waals surface area contributed by atoms with Gasteiger partial charge < -0.3 is 21.3 Å². The quantitative estimate of drug-likeness (QED) is 0.720. The number of anilines is 1. The maximum Gasteiger partial charge on any atom is 0.253 e. The SMILES string of the molecule is CN1CCC(C(=O)Nc2ccccc2C(=O)NCCN)CC1=O.Cl. The summed E-state index contributed by atoms with van der Waals surface area (Å²) in [7, 11) is 1.73. The fourth-order valence-electron chi connectivity index (χ4n) is 2.47. The van der Waals surface area contributed by atoms with Gasteiger partial charge in [-0.3, -0.25) is 14.4 Å². The summed E-state index contributed by atoms with van der Waals surface area (Å²) in [5.74, 6) is -0.916. The molecule has 3 amide bonds. The number of nitrogens with one attached hydrogen (secondary N) is 2. The van der Waals surface area contributed by atoms with Gasteiger partial charge in [-0.05, 0) is 18.6 Å². The average molecular weight is 355 g/mol. The summed E-state index contributed by atoms with van der Waals surface area (Å²) in [5, 5.41) is 5.45. The maximum atomic E-state index is 12.4. The lowest BCUT2D eigenvalue weighted by Gasteiger charge is -2.28. The van der Waals surface area contributed by atoms with Crippen molar-refractivity contribution in [1.29, 1.82) is 0 Å². The van der Waals surface area contributed by atoms with Crippen LogP contribution in [0.1, 0.15) is 23.2 Å². The van der Waals surface area contributed by atoms with E-state index in [1.54, 1.807) is 36.2 Å². The van der Waals surface area contributed by atoms with Crippen LogP contribution in [0.3, 0.4) is 0 Å². The molecular formula is C16H23ClN4O3. The molecule has 7 nitrogen and oxygen atoms in total. The van der Waals surface area contributed by atoms with E-state index in [1.807, 2.05) is 0 Å². The van der Waals surface area contributed by atoms with Gasteiger partial charge in [0, 0.05) is 39.0 Å². The molecule has 1 aromatic carbocycles. The molecule has 0 saturated carbocycles. The molecule has 0 aromatic heterocycles. The second-order valence-corrected chi connectivity index (χ2v) is 5.58. The minimum Gasteiger partial charge on any atom is -0.351 e. The lowest BCUT2D eigenvalue weighted by atomic mass is 9.95. The van der Waals surface area contributed by atoms with Crippen LogP contribution in [-0.4, -0.2) is 49.3 Å². The lowest BCUT2D eigenvalue weighted by Crippen LogP contribution is -2.40. The van der Waals surface area contributed by atoms with E-state index in [-0.39, 0.29) is 42.5 Å². The van der Waals surface area contributed by atoms with E-state index in [9.17, 15) is 14.4 Å². The molecule has 0 bridgehead atoms. The Morgan fingerprint density at radius 3 is 2.71 bits per heavy atom. The standard InChI is InChI=1S/C16H22N4O3.ClH/c1-20-9-6-11(10-14(20)21)15(22)19-13-5-3-2-4-12(13)16(23)18-8-7-17;/h2-5,11H,6-10,17H2,1H3,(H,18,23)(H,19,22);1H. The second-order valence-electron chi connectivity index (χ2n) is 5.58. The topological polar surface area (TPSA) is 105 Å². The number of para-hydroxylation sites is 1. The van der Waals surface area contributed by atoms with Crippen LogP contribution in [0, 0.1) is 5.92 Å². The van der Waals surface area contributed by atoms with Crippen molar-refractivity contribution in [2.24, 2.45) is 11.7 Å². The van der Waals surface area contributed by atoms with Gasteiger partial charge in [-0.15, -0.1) is 12.4 Å². The Balaban J connectivity index is 0.00000288. The summed E-state index contributed by atoms with van der Waals surface area (Å²) < 4.78 is 0. The van der Waals surface area contributed by atoms with Crippen LogP contribution in [0.2, 0.25) is 0 Å². The molecule has 0 aliphatic carbocycles. The molecule has 1 fully saturated rings. The van der Waals surface area contributed by atoms with Crippen molar-refractivity contribution in [2.45, 2.75) is 12.8 Å². The molecule has 24 heavy (non-hydrogen) atoms. The maximum absolute atomic E-state index is 12.4. The van der Waals surface area contributed by atoms with Gasteiger partial charge in [-0.1, -0.05) is 12.1 Å². The summed E-state index contributed by atoms with van der Waals surface area (Å²) in [6.07, 6.45) is 0.819. The van der Waals surface area contributed by atoms with E-state index in [0.717, 1.165) is 0 Å². The summed E-state index contributed by atoms with van der Waals surface area (Å²) in [6, 6.07) is 6.79. The van der Waals surface area contributed by atoms with Gasteiger partial charge in [0.2, 0.25) is 11.8 Å². The third kappa shape index (κ3) is 4.94. The van der Waals surface area contributed by atoms with Crippen LogP contribution in [0.15, 0.2) is 24.3 Å². The van der Waals surface area contributed by atoms with Gasteiger partial charge in [-0.2, -0.15) is 0 Å². The third-order valence-corrected chi connectivity index (χ3v) is 3.89. The number of nitrogens with zero attached hydrogens (tertiary/aromatic N) is 1. The van der Waals surface area contributed by atoms with E-state index >= 15 is 0 Å². The Labute approximate surface area is 147 Å². The highest BCUT2D eigenvalue weighted by Crippen LogP contribution is 2.21. The predicted octanol–water partition coefficient (Wildman–Crippen LogP) is 0.604. The molecule has 1 heterocycles. The summed E-state index contributed by atoms with van der Waals surface area (Å²) in [6.45, 7) is 1.28. The van der Waals surface area contributed by atoms with E-state index in [1.165, 1.54) is 0 Å². The van der Waals surface area contributed by atoms with Crippen LogP contribution >= 0.6 is 12.4 Å². The molecule has 0 radical (unpaired) electrons. The highest BCUT2D eigenvalue weighted by molar-refractivity contribution is 6.04. The highest BCUT2D eigenvalue weighted by atomic mass is 35.5. The molecule has 1 atom stereocenters. The van der Waals surface area contributed by atoms with Crippen molar-refractivity contribution >= 4 is 35.8 Å². The minimum absolute atomic E-state index is 0. The Morgan fingerprint density at radius 2 is 2.04 bits per heavy atom. The molecule has 132 valence electrons. The van der Waals surface area contributed by atoms with E-state index in [2.05, 4.69) is 10.6 Å². The number of amides is 3. The summed E-state index contributed by atoms with van der Waals surface area (Å²) in [4.78, 5) is 37.8. The molecule has 8 heteroatoms. The Morgan fingerprint density at radius 1 is 1.33 bits per heavy atom. The van der Waals surface area contributed by atoms with Crippen molar-refractivity contribution in [2.75, 3.05) is 32.0 Å². The zero-order chi connectivity index (χ0) is 16.8. The molecule has 1 saturated heterocycles. The van der Waals surface area contributed by atoms with Gasteiger partial charge in [-0.25, -0.2) is 0 Å². The van der Waals surface area contributed by atoms with Gasteiger partial charge in [0.1, 0.15) is 0 Å². The Bertz CT molecular complexity index is 609. The van der Waals surface area contributed by atoms with Crippen molar-refractivity contribution in [3.05, 3.63) is 29.8 Å². The molecule has 1 aliphatic heterocycles. The largest absolute Gasteiger partial charge is 0.351 e. The summed E-state index contributed by atoms with van der Waals surface area (Å²) in [5.41, 5.74) is 6.20. The van der Waals surface area contributed by atoms with E-state index < -0.39 is 0 Å². The minimum atomic E-state index is -0.362. The first-order valence-electron chi connectivity index (χ1n) is 7.65. The normalized spacial score (nSPS) is 17.0. The first-order valence-corrected chi connectivity index (χ1v) is 7.65. The number of halogens is 1. The first-order chi connectivity index (χ1) is 11.0. The molecular weight excluding hydrogens is 332 g/mol. The van der Waals surface area contributed by atoms with E-state index in [0.29, 0.717) is 37.3 Å². The molecule has 0 spiro atoms. The molecule has 1 unspecified atom stereocenters. The summed E-state index contributed by atoms with van der Waals surface area (Å²) >= 11 is 0. The number of hydrogen-bond acceptors (Lipinski definition) is 4. The molecule has 1 aliphatic rings. The molecule has 2 rings (SSSR count). The van der Waals surface area contributed by atoms with Crippen LogP contribution in [0.25, 0.3) is 0 Å². The number of hydrogen-bond donors (Lipinski definition) is 3. The second kappa shape index (κ2) is 9.24. The van der Waals surface area contributed by atoms with Crippen molar-refractivity contribution < 1.29 is 14.4 Å². The van der Waals surface area contributed by atoms with E-state index in [4.69, 9.17) is 5.73 Å². The Kier molecular flexibility index (Phi) is 7.67. The predicted molar refractivity (Wildman–Crippen MR) is 94.1 cm³/mol. The number of carbonyl (C=O) groups excluding carboxylic acids is 3. The third-order valence-electron chi connectivity index (χ3n) is 3.89. The zero-order valence-corrected chi connectivity index (χ0v) is 14.4. The van der Waals surface area contributed by atoms with Crippen molar-refractivity contribution in [3.8, 4) is 0 Å². The van der Waals surface area contributed by atoms with Crippen LogP contribution < -0.4 is 16.4 Å². The van der Waals surface area contributed by atoms with Crippen LogP contribution in [0.5, 0.6) is 0 Å². The van der Waals surface area contributed by atoms with Crippen molar-refractivity contribution in [1.82, 2.24) is 10.2 Å². The zero-order valence-electron chi connectivity index (χ0n) is 13.6. The van der Waals surface area contributed by atoms with Gasteiger partial charge in [0.05, 0.1) is 11.3 Å². The smallest absolute Gasteiger partial charge is 0.253 e. The van der Waals surface area contributed by atoms with Crippen molar-refractivity contribution in [3.63, 3.8) is 0 Å². The Hall–Kier alpha value is -2.12. The van der Waals surface area contributed by atoms with Gasteiger partial charge in [0.15, 0.2) is 0 Å². The number of piperidine rings is 1. The first kappa shape index (κ1) is 19.9. The molecule has 1 aromatic rings. The number of benzene rings is 1.